The van der Waals surface area contributed by atoms with Crippen molar-refractivity contribution >= 4 is 17.5 Å². The largest absolute Gasteiger partial charge is 0.352 e. The number of rotatable bonds is 5. The fraction of sp³-hybridized carbons (Fsp3) is 0.263. The van der Waals surface area contributed by atoms with Crippen LogP contribution in [0, 0.1) is 11.7 Å². The molecular formula is C19H19FN2O2. The summed E-state index contributed by atoms with van der Waals surface area (Å²) >= 11 is 0. The Morgan fingerprint density at radius 3 is 2.88 bits per heavy atom. The number of hydrogen-bond acceptors (Lipinski definition) is 2. The van der Waals surface area contributed by atoms with E-state index in [1.807, 2.05) is 24.3 Å². The lowest BCUT2D eigenvalue weighted by molar-refractivity contribution is -0.122. The van der Waals surface area contributed by atoms with Gasteiger partial charge in [-0.2, -0.15) is 0 Å². The number of para-hydroxylation sites is 1. The highest BCUT2D eigenvalue weighted by Crippen LogP contribution is 2.27. The maximum absolute atomic E-state index is 13.1. The number of fused-ring (bicyclic) bond motifs is 1. The van der Waals surface area contributed by atoms with Gasteiger partial charge in [-0.15, -0.1) is 0 Å². The van der Waals surface area contributed by atoms with Crippen molar-refractivity contribution in [2.24, 2.45) is 5.92 Å². The van der Waals surface area contributed by atoms with E-state index < -0.39 is 0 Å². The Kier molecular flexibility index (Phi) is 4.89. The number of carbonyl (C=O) groups is 2. The molecule has 0 radical (unpaired) electrons. The van der Waals surface area contributed by atoms with Crippen LogP contribution >= 0.6 is 0 Å². The van der Waals surface area contributed by atoms with E-state index in [1.54, 1.807) is 12.1 Å². The third-order valence-electron chi connectivity index (χ3n) is 4.21. The van der Waals surface area contributed by atoms with Gasteiger partial charge in [-0.05, 0) is 42.2 Å². The molecule has 0 spiro atoms. The first-order valence-corrected chi connectivity index (χ1v) is 8.02. The van der Waals surface area contributed by atoms with E-state index in [9.17, 15) is 14.0 Å². The van der Waals surface area contributed by atoms with E-state index in [2.05, 4.69) is 10.6 Å². The molecule has 1 aliphatic rings. The highest BCUT2D eigenvalue weighted by atomic mass is 19.1. The second kappa shape index (κ2) is 7.25. The molecule has 124 valence electrons. The first kappa shape index (κ1) is 16.2. The van der Waals surface area contributed by atoms with Gasteiger partial charge in [0.1, 0.15) is 5.82 Å². The summed E-state index contributed by atoms with van der Waals surface area (Å²) in [6.45, 7) is 0.288. The Hall–Kier alpha value is -2.69. The highest BCUT2D eigenvalue weighted by molar-refractivity contribution is 5.96. The fourth-order valence-corrected chi connectivity index (χ4v) is 2.89. The average Bonchev–Trinajstić information content (AvgIpc) is 2.58. The van der Waals surface area contributed by atoms with E-state index in [-0.39, 0.29) is 36.5 Å². The Labute approximate surface area is 140 Å². The van der Waals surface area contributed by atoms with Crippen molar-refractivity contribution in [3.8, 4) is 0 Å². The fourth-order valence-electron chi connectivity index (χ4n) is 2.89. The van der Waals surface area contributed by atoms with Gasteiger partial charge in [0, 0.05) is 24.6 Å². The van der Waals surface area contributed by atoms with Gasteiger partial charge in [0.2, 0.25) is 11.8 Å². The predicted octanol–water partition coefficient (Wildman–Crippen LogP) is 3.03. The zero-order valence-corrected chi connectivity index (χ0v) is 13.2. The van der Waals surface area contributed by atoms with Gasteiger partial charge in [-0.25, -0.2) is 4.39 Å². The van der Waals surface area contributed by atoms with Gasteiger partial charge in [-0.3, -0.25) is 9.59 Å². The van der Waals surface area contributed by atoms with Crippen molar-refractivity contribution in [3.05, 3.63) is 65.5 Å². The van der Waals surface area contributed by atoms with Crippen LogP contribution in [-0.2, 0) is 22.6 Å². The first-order valence-electron chi connectivity index (χ1n) is 8.02. The molecule has 1 atom stereocenters. The summed E-state index contributed by atoms with van der Waals surface area (Å²) in [5, 5.41) is 5.65. The number of carbonyl (C=O) groups excluding carboxylic acids is 2. The van der Waals surface area contributed by atoms with Crippen LogP contribution in [0.2, 0.25) is 0 Å². The minimum atomic E-state index is -0.320. The lowest BCUT2D eigenvalue weighted by Gasteiger charge is -2.24. The average molecular weight is 326 g/mol. The summed E-state index contributed by atoms with van der Waals surface area (Å²) in [5.41, 5.74) is 2.67. The molecule has 0 bridgehead atoms. The van der Waals surface area contributed by atoms with Gasteiger partial charge in [0.05, 0.1) is 0 Å². The van der Waals surface area contributed by atoms with Crippen molar-refractivity contribution < 1.29 is 14.0 Å². The Morgan fingerprint density at radius 2 is 2.04 bits per heavy atom. The number of anilines is 1. The molecule has 2 aromatic carbocycles. The number of hydrogen-bond donors (Lipinski definition) is 2. The van der Waals surface area contributed by atoms with E-state index in [0.29, 0.717) is 18.4 Å². The van der Waals surface area contributed by atoms with Gasteiger partial charge < -0.3 is 10.6 Å². The minimum absolute atomic E-state index is 0.0355. The molecule has 0 aromatic heterocycles. The molecule has 2 N–H and O–H groups in total. The summed E-state index contributed by atoms with van der Waals surface area (Å²) < 4.78 is 13.1. The maximum Gasteiger partial charge on any atom is 0.227 e. The second-order valence-electron chi connectivity index (χ2n) is 5.99. The van der Waals surface area contributed by atoms with Crippen LogP contribution in [0.4, 0.5) is 10.1 Å². The molecule has 2 aromatic rings. The molecule has 1 unspecified atom stereocenters. The molecule has 0 saturated heterocycles. The third-order valence-corrected chi connectivity index (χ3v) is 4.21. The van der Waals surface area contributed by atoms with Crippen LogP contribution in [-0.4, -0.2) is 11.8 Å². The summed E-state index contributed by atoms with van der Waals surface area (Å²) in [6, 6.07) is 13.8. The van der Waals surface area contributed by atoms with Crippen LogP contribution in [0.25, 0.3) is 0 Å². The van der Waals surface area contributed by atoms with Gasteiger partial charge in [0.25, 0.3) is 0 Å². The van der Waals surface area contributed by atoms with Crippen molar-refractivity contribution in [3.63, 3.8) is 0 Å². The lowest BCUT2D eigenvalue weighted by atomic mass is 9.89. The summed E-state index contributed by atoms with van der Waals surface area (Å²) in [5.74, 6) is -0.684. The van der Waals surface area contributed by atoms with E-state index in [1.165, 1.54) is 12.1 Å². The normalized spacial score (nSPS) is 16.2. The minimum Gasteiger partial charge on any atom is -0.352 e. The SMILES string of the molecule is O=C(CCC1Cc2ccccc2NC1=O)NCc1cccc(F)c1. The molecular weight excluding hydrogens is 307 g/mol. The Balaban J connectivity index is 1.49. The summed E-state index contributed by atoms with van der Waals surface area (Å²) in [7, 11) is 0. The number of halogens is 1. The summed E-state index contributed by atoms with van der Waals surface area (Å²) in [4.78, 5) is 24.1. The van der Waals surface area contributed by atoms with Crippen LogP contribution in [0.3, 0.4) is 0 Å². The van der Waals surface area contributed by atoms with Crippen molar-refractivity contribution in [2.75, 3.05) is 5.32 Å². The molecule has 0 aliphatic carbocycles. The van der Waals surface area contributed by atoms with Gasteiger partial charge in [-0.1, -0.05) is 30.3 Å². The first-order chi connectivity index (χ1) is 11.6. The Bertz CT molecular complexity index is 761. The van der Waals surface area contributed by atoms with E-state index >= 15 is 0 Å². The predicted molar refractivity (Wildman–Crippen MR) is 89.7 cm³/mol. The molecule has 1 heterocycles. The topological polar surface area (TPSA) is 58.2 Å². The Morgan fingerprint density at radius 1 is 1.21 bits per heavy atom. The van der Waals surface area contributed by atoms with Gasteiger partial charge >= 0.3 is 0 Å². The van der Waals surface area contributed by atoms with Gasteiger partial charge in [0.15, 0.2) is 0 Å². The highest BCUT2D eigenvalue weighted by Gasteiger charge is 2.26. The second-order valence-corrected chi connectivity index (χ2v) is 5.99. The molecule has 24 heavy (non-hydrogen) atoms. The van der Waals surface area contributed by atoms with Crippen molar-refractivity contribution in [1.29, 1.82) is 0 Å². The number of nitrogens with one attached hydrogen (secondary N) is 2. The molecule has 5 heteroatoms. The molecule has 0 saturated carbocycles. The summed E-state index contributed by atoms with van der Waals surface area (Å²) in [6.07, 6.45) is 1.42. The van der Waals surface area contributed by atoms with Crippen LogP contribution < -0.4 is 10.6 Å². The third kappa shape index (κ3) is 3.98. The molecule has 2 amide bonds. The van der Waals surface area contributed by atoms with Crippen molar-refractivity contribution in [2.45, 2.75) is 25.8 Å². The molecule has 4 nitrogen and oxygen atoms in total. The monoisotopic (exact) mass is 326 g/mol. The number of amides is 2. The van der Waals surface area contributed by atoms with Crippen molar-refractivity contribution in [1.82, 2.24) is 5.32 Å². The quantitative estimate of drug-likeness (QED) is 0.887. The van der Waals surface area contributed by atoms with Crippen LogP contribution in [0.15, 0.2) is 48.5 Å². The van der Waals surface area contributed by atoms with Crippen LogP contribution in [0.1, 0.15) is 24.0 Å². The standard InChI is InChI=1S/C19H19FN2O2/c20-16-6-3-4-13(10-16)12-21-18(23)9-8-15-11-14-5-1-2-7-17(14)22-19(15)24/h1-7,10,15H,8-9,11-12H2,(H,21,23)(H,22,24). The zero-order valence-electron chi connectivity index (χ0n) is 13.2. The van der Waals surface area contributed by atoms with Crippen LogP contribution in [0.5, 0.6) is 0 Å². The zero-order chi connectivity index (χ0) is 16.9. The lowest BCUT2D eigenvalue weighted by Crippen LogP contribution is -2.31. The number of benzene rings is 2. The molecule has 0 fully saturated rings. The van der Waals surface area contributed by atoms with E-state index in [4.69, 9.17) is 0 Å². The molecule has 1 aliphatic heterocycles. The molecule has 3 rings (SSSR count). The smallest absolute Gasteiger partial charge is 0.227 e. The van der Waals surface area contributed by atoms with E-state index in [0.717, 1.165) is 11.3 Å². The maximum atomic E-state index is 13.1.